The number of urea groups is 1. The Morgan fingerprint density at radius 1 is 0.976 bits per heavy atom. The molecule has 2 aromatic carbocycles. The van der Waals surface area contributed by atoms with Gasteiger partial charge in [-0.2, -0.15) is 0 Å². The molecule has 222 valence electrons. The van der Waals surface area contributed by atoms with Gasteiger partial charge in [-0.15, -0.1) is 13.2 Å². The summed E-state index contributed by atoms with van der Waals surface area (Å²) in [5.74, 6) is -1.21. The fraction of sp³-hybridized carbons (Fsp3) is 0.500. The van der Waals surface area contributed by atoms with Crippen molar-refractivity contribution in [1.29, 1.82) is 0 Å². The zero-order valence-electron chi connectivity index (χ0n) is 23.4. The number of hydrogen-bond donors (Lipinski definition) is 2. The normalized spacial score (nSPS) is 21.6. The Kier molecular flexibility index (Phi) is 8.84. The molecule has 0 radical (unpaired) electrons. The van der Waals surface area contributed by atoms with Crippen molar-refractivity contribution in [2.45, 2.75) is 71.3 Å². The van der Waals surface area contributed by atoms with E-state index in [4.69, 9.17) is 5.11 Å². The lowest BCUT2D eigenvalue weighted by molar-refractivity contribution is -0.274. The van der Waals surface area contributed by atoms with Crippen LogP contribution >= 0.6 is 0 Å². The highest BCUT2D eigenvalue weighted by atomic mass is 19.4. The number of carboxylic acids is 1. The van der Waals surface area contributed by atoms with E-state index in [0.29, 0.717) is 23.7 Å². The quantitative estimate of drug-likeness (QED) is 0.381. The fourth-order valence-electron chi connectivity index (χ4n) is 5.79. The number of alkyl halides is 3. The Balaban J connectivity index is 1.56. The molecule has 4 rings (SSSR count). The van der Waals surface area contributed by atoms with Gasteiger partial charge in [0.2, 0.25) is 0 Å². The summed E-state index contributed by atoms with van der Waals surface area (Å²) in [6.45, 7) is 7.00. The number of halogens is 3. The summed E-state index contributed by atoms with van der Waals surface area (Å²) in [4.78, 5) is 40.5. The van der Waals surface area contributed by atoms with Gasteiger partial charge in [0.25, 0.3) is 5.91 Å². The minimum absolute atomic E-state index is 0.00271. The first-order valence-corrected chi connectivity index (χ1v) is 13.8. The van der Waals surface area contributed by atoms with E-state index in [-0.39, 0.29) is 48.2 Å². The lowest BCUT2D eigenvalue weighted by Gasteiger charge is -2.41. The average molecular weight is 576 g/mol. The standard InChI is InChI=1S/C30H36F3N3O5/c1-29(2,3)21-8-10-23(11-9-21)36-25(19-4-6-20(7-5-19)27(39)34-17-16-26(37)38)18-35(28(36)40)22-12-14-24(15-13-22)41-30(31,32)33/h4-7,12-15,21,23,25H,8-11,16-18H2,1-3H3,(H,34,39)(H,37,38). The summed E-state index contributed by atoms with van der Waals surface area (Å²) in [6.07, 6.45) is -1.31. The van der Waals surface area contributed by atoms with E-state index in [1.54, 1.807) is 29.2 Å². The number of carbonyl (C=O) groups is 3. The lowest BCUT2D eigenvalue weighted by atomic mass is 9.71. The molecule has 2 aromatic rings. The van der Waals surface area contributed by atoms with Crippen LogP contribution in [0.2, 0.25) is 0 Å². The van der Waals surface area contributed by atoms with Gasteiger partial charge in [-0.25, -0.2) is 4.79 Å². The highest BCUT2D eigenvalue weighted by Gasteiger charge is 2.44. The van der Waals surface area contributed by atoms with E-state index in [9.17, 15) is 27.6 Å². The van der Waals surface area contributed by atoms with Gasteiger partial charge < -0.3 is 20.1 Å². The molecule has 2 fully saturated rings. The maximum absolute atomic E-state index is 13.9. The zero-order valence-corrected chi connectivity index (χ0v) is 23.4. The predicted molar refractivity (Wildman–Crippen MR) is 147 cm³/mol. The molecule has 1 aliphatic carbocycles. The third-order valence-corrected chi connectivity index (χ3v) is 8.02. The SMILES string of the molecule is CC(C)(C)C1CCC(N2C(=O)N(c3ccc(OC(F)(F)F)cc3)CC2c2ccc(C(=O)NCCC(=O)O)cc2)CC1. The Hall–Kier alpha value is -3.76. The van der Waals surface area contributed by atoms with Crippen molar-refractivity contribution >= 4 is 23.6 Å². The number of hydrogen-bond acceptors (Lipinski definition) is 4. The van der Waals surface area contributed by atoms with Gasteiger partial charge in [-0.3, -0.25) is 14.5 Å². The smallest absolute Gasteiger partial charge is 0.481 e. The summed E-state index contributed by atoms with van der Waals surface area (Å²) in [5, 5.41) is 11.4. The summed E-state index contributed by atoms with van der Waals surface area (Å²) < 4.78 is 41.9. The molecule has 1 unspecified atom stereocenters. The molecule has 0 spiro atoms. The Labute approximate surface area is 237 Å². The molecular weight excluding hydrogens is 539 g/mol. The third kappa shape index (κ3) is 7.51. The molecule has 3 amide bonds. The first-order valence-electron chi connectivity index (χ1n) is 13.8. The third-order valence-electron chi connectivity index (χ3n) is 8.02. The number of rotatable bonds is 8. The van der Waals surface area contributed by atoms with Crippen LogP contribution in [0.3, 0.4) is 0 Å². The van der Waals surface area contributed by atoms with E-state index in [2.05, 4.69) is 30.8 Å². The highest BCUT2D eigenvalue weighted by molar-refractivity contribution is 5.96. The molecule has 0 bridgehead atoms. The van der Waals surface area contributed by atoms with Crippen LogP contribution in [0.4, 0.5) is 23.7 Å². The molecule has 1 saturated carbocycles. The number of ether oxygens (including phenoxy) is 1. The monoisotopic (exact) mass is 575 g/mol. The van der Waals surface area contributed by atoms with Gasteiger partial charge in [0.05, 0.1) is 19.0 Å². The first-order chi connectivity index (χ1) is 19.2. The number of carbonyl (C=O) groups excluding carboxylic acids is 2. The Morgan fingerprint density at radius 3 is 2.12 bits per heavy atom. The number of carboxylic acid groups (broad SMARTS) is 1. The molecule has 2 N–H and O–H groups in total. The summed E-state index contributed by atoms with van der Waals surface area (Å²) >= 11 is 0. The van der Waals surface area contributed by atoms with E-state index >= 15 is 0 Å². The first kappa shape index (κ1) is 30.2. The topological polar surface area (TPSA) is 99.2 Å². The van der Waals surface area contributed by atoms with Crippen molar-refractivity contribution in [3.63, 3.8) is 0 Å². The largest absolute Gasteiger partial charge is 0.573 e. The van der Waals surface area contributed by atoms with Gasteiger partial charge in [-0.1, -0.05) is 32.9 Å². The van der Waals surface area contributed by atoms with Crippen LogP contribution in [0, 0.1) is 11.3 Å². The van der Waals surface area contributed by atoms with Crippen LogP contribution in [-0.4, -0.2) is 53.4 Å². The number of anilines is 1. The van der Waals surface area contributed by atoms with Crippen molar-refractivity contribution in [1.82, 2.24) is 10.2 Å². The summed E-state index contributed by atoms with van der Waals surface area (Å²) in [7, 11) is 0. The van der Waals surface area contributed by atoms with Crippen molar-refractivity contribution in [3.05, 3.63) is 59.7 Å². The minimum atomic E-state index is -4.81. The van der Waals surface area contributed by atoms with Crippen LogP contribution < -0.4 is 15.0 Å². The maximum atomic E-state index is 13.9. The average Bonchev–Trinajstić information content (AvgIpc) is 3.24. The van der Waals surface area contributed by atoms with Gasteiger partial charge in [-0.05, 0) is 79.0 Å². The van der Waals surface area contributed by atoms with Crippen LogP contribution in [-0.2, 0) is 4.79 Å². The second kappa shape index (κ2) is 12.0. The summed E-state index contributed by atoms with van der Waals surface area (Å²) in [5.41, 5.74) is 1.84. The zero-order chi connectivity index (χ0) is 29.9. The molecule has 2 aliphatic rings. The minimum Gasteiger partial charge on any atom is -0.481 e. The van der Waals surface area contributed by atoms with Crippen LogP contribution in [0.15, 0.2) is 48.5 Å². The number of aliphatic carboxylic acids is 1. The molecule has 1 atom stereocenters. The van der Waals surface area contributed by atoms with Crippen LogP contribution in [0.1, 0.15) is 74.8 Å². The molecule has 8 nitrogen and oxygen atoms in total. The van der Waals surface area contributed by atoms with E-state index in [1.165, 1.54) is 24.3 Å². The molecule has 1 heterocycles. The van der Waals surface area contributed by atoms with E-state index < -0.39 is 12.3 Å². The van der Waals surface area contributed by atoms with Gasteiger partial charge >= 0.3 is 18.4 Å². The summed E-state index contributed by atoms with van der Waals surface area (Å²) in [6, 6.07) is 11.6. The molecule has 41 heavy (non-hydrogen) atoms. The fourth-order valence-corrected chi connectivity index (χ4v) is 5.79. The second-order valence-corrected chi connectivity index (χ2v) is 11.8. The van der Waals surface area contributed by atoms with Crippen molar-refractivity contribution in [2.75, 3.05) is 18.0 Å². The molecule has 0 aromatic heterocycles. The van der Waals surface area contributed by atoms with Crippen LogP contribution in [0.25, 0.3) is 0 Å². The Morgan fingerprint density at radius 2 is 1.59 bits per heavy atom. The van der Waals surface area contributed by atoms with Gasteiger partial charge in [0, 0.05) is 23.8 Å². The number of nitrogens with one attached hydrogen (secondary N) is 1. The molecule has 1 saturated heterocycles. The number of nitrogens with zero attached hydrogens (tertiary/aromatic N) is 2. The van der Waals surface area contributed by atoms with Crippen LogP contribution in [0.5, 0.6) is 5.75 Å². The molecule has 11 heteroatoms. The highest BCUT2D eigenvalue weighted by Crippen LogP contribution is 2.43. The van der Waals surface area contributed by atoms with Crippen molar-refractivity contribution in [2.24, 2.45) is 11.3 Å². The van der Waals surface area contributed by atoms with E-state index in [0.717, 1.165) is 31.2 Å². The van der Waals surface area contributed by atoms with E-state index in [1.807, 2.05) is 4.90 Å². The predicted octanol–water partition coefficient (Wildman–Crippen LogP) is 6.38. The van der Waals surface area contributed by atoms with Crippen molar-refractivity contribution in [3.8, 4) is 5.75 Å². The number of benzene rings is 2. The molecular formula is C30H36F3N3O5. The van der Waals surface area contributed by atoms with Gasteiger partial charge in [0.15, 0.2) is 0 Å². The Bertz CT molecular complexity index is 1230. The second-order valence-electron chi connectivity index (χ2n) is 11.8. The lowest BCUT2D eigenvalue weighted by Crippen LogP contribution is -2.43. The van der Waals surface area contributed by atoms with Crippen molar-refractivity contribution < 1.29 is 37.4 Å². The molecule has 1 aliphatic heterocycles. The van der Waals surface area contributed by atoms with Gasteiger partial charge in [0.1, 0.15) is 5.75 Å². The number of amides is 3. The maximum Gasteiger partial charge on any atom is 0.573 e.